The first-order valence-electron chi connectivity index (χ1n) is 8.72. The molecule has 0 aromatic heterocycles. The second-order valence-electron chi connectivity index (χ2n) is 7.43. The second kappa shape index (κ2) is 8.08. The van der Waals surface area contributed by atoms with Crippen molar-refractivity contribution in [2.75, 3.05) is 13.1 Å². The molecule has 1 aromatic rings. The van der Waals surface area contributed by atoms with E-state index in [4.69, 9.17) is 11.6 Å². The number of piperidine rings is 1. The number of aliphatic carboxylic acids is 1. The van der Waals surface area contributed by atoms with Gasteiger partial charge in [-0.3, -0.25) is 14.4 Å². The zero-order valence-electron chi connectivity index (χ0n) is 15.3. The summed E-state index contributed by atoms with van der Waals surface area (Å²) in [6.45, 7) is 6.02. The molecule has 1 aliphatic heterocycles. The summed E-state index contributed by atoms with van der Waals surface area (Å²) < 4.78 is 0. The Hall–Kier alpha value is -2.08. The van der Waals surface area contributed by atoms with E-state index in [1.54, 1.807) is 36.1 Å². The first kappa shape index (κ1) is 20.2. The predicted octanol–water partition coefficient (Wildman–Crippen LogP) is 2.81. The van der Waals surface area contributed by atoms with Crippen molar-refractivity contribution in [3.8, 4) is 0 Å². The van der Waals surface area contributed by atoms with Gasteiger partial charge in [-0.2, -0.15) is 0 Å². The molecule has 0 bridgehead atoms. The first-order chi connectivity index (χ1) is 12.1. The largest absolute Gasteiger partial charge is 0.481 e. The summed E-state index contributed by atoms with van der Waals surface area (Å²) >= 11 is 5.84. The number of carboxylic acid groups (broad SMARTS) is 1. The number of hydrogen-bond acceptors (Lipinski definition) is 3. The normalized spacial score (nSPS) is 21.3. The molecule has 6 nitrogen and oxygen atoms in total. The van der Waals surface area contributed by atoms with Crippen molar-refractivity contribution >= 4 is 29.4 Å². The van der Waals surface area contributed by atoms with Crippen LogP contribution in [0.25, 0.3) is 0 Å². The Morgan fingerprint density at radius 3 is 2.38 bits per heavy atom. The van der Waals surface area contributed by atoms with Gasteiger partial charge in [0.1, 0.15) is 6.04 Å². The van der Waals surface area contributed by atoms with E-state index in [1.807, 2.05) is 13.8 Å². The van der Waals surface area contributed by atoms with Crippen LogP contribution in [0, 0.1) is 11.3 Å². The smallest absolute Gasteiger partial charge is 0.311 e. The third-order valence-electron chi connectivity index (χ3n) is 4.85. The van der Waals surface area contributed by atoms with Gasteiger partial charge in [0, 0.05) is 23.7 Å². The monoisotopic (exact) mass is 380 g/mol. The van der Waals surface area contributed by atoms with Gasteiger partial charge in [0.15, 0.2) is 0 Å². The van der Waals surface area contributed by atoms with Crippen molar-refractivity contribution in [1.29, 1.82) is 0 Å². The van der Waals surface area contributed by atoms with Crippen LogP contribution in [0.3, 0.4) is 0 Å². The zero-order chi connectivity index (χ0) is 19.5. The van der Waals surface area contributed by atoms with E-state index in [9.17, 15) is 19.5 Å². The molecule has 0 spiro atoms. The van der Waals surface area contributed by atoms with Crippen LogP contribution in [0.2, 0.25) is 5.02 Å². The molecule has 0 aliphatic carbocycles. The Kier molecular flexibility index (Phi) is 6.29. The number of benzene rings is 1. The van der Waals surface area contributed by atoms with Crippen LogP contribution in [0.15, 0.2) is 24.3 Å². The lowest BCUT2D eigenvalue weighted by atomic mass is 9.81. The molecule has 7 heteroatoms. The minimum atomic E-state index is -0.949. The Bertz CT molecular complexity index is 689. The zero-order valence-corrected chi connectivity index (χ0v) is 16.0. The Morgan fingerprint density at radius 1 is 1.23 bits per heavy atom. The third kappa shape index (κ3) is 4.55. The van der Waals surface area contributed by atoms with Crippen LogP contribution in [0.1, 0.15) is 44.0 Å². The number of hydrogen-bond donors (Lipinski definition) is 2. The maximum atomic E-state index is 13.0. The van der Waals surface area contributed by atoms with Crippen LogP contribution in [-0.2, 0) is 9.59 Å². The van der Waals surface area contributed by atoms with E-state index in [2.05, 4.69) is 5.32 Å². The van der Waals surface area contributed by atoms with Gasteiger partial charge in [-0.1, -0.05) is 25.4 Å². The SMILES string of the molecule is CC(C)C(NC(=O)c1ccc(Cl)cc1)C(=O)N1CCCC(C)(C(=O)O)C1. The number of carbonyl (C=O) groups excluding carboxylic acids is 2. The van der Waals surface area contributed by atoms with Gasteiger partial charge in [-0.15, -0.1) is 0 Å². The number of halogens is 1. The van der Waals surface area contributed by atoms with Crippen molar-refractivity contribution in [2.24, 2.45) is 11.3 Å². The number of amides is 2. The quantitative estimate of drug-likeness (QED) is 0.822. The highest BCUT2D eigenvalue weighted by molar-refractivity contribution is 6.30. The summed E-state index contributed by atoms with van der Waals surface area (Å²) in [7, 11) is 0. The maximum Gasteiger partial charge on any atom is 0.311 e. The number of carbonyl (C=O) groups is 3. The van der Waals surface area contributed by atoms with Gasteiger partial charge in [0.2, 0.25) is 5.91 Å². The fraction of sp³-hybridized carbons (Fsp3) is 0.526. The second-order valence-corrected chi connectivity index (χ2v) is 7.87. The number of carboxylic acids is 1. The summed E-state index contributed by atoms with van der Waals surface area (Å²) in [6.07, 6.45) is 1.17. The van der Waals surface area contributed by atoms with Crippen LogP contribution in [0.4, 0.5) is 0 Å². The van der Waals surface area contributed by atoms with Gasteiger partial charge < -0.3 is 15.3 Å². The minimum Gasteiger partial charge on any atom is -0.481 e. The Morgan fingerprint density at radius 2 is 1.85 bits per heavy atom. The lowest BCUT2D eigenvalue weighted by molar-refractivity contribution is -0.154. The van der Waals surface area contributed by atoms with Crippen LogP contribution < -0.4 is 5.32 Å². The van der Waals surface area contributed by atoms with E-state index in [1.165, 1.54) is 0 Å². The van der Waals surface area contributed by atoms with Gasteiger partial charge in [0.25, 0.3) is 5.91 Å². The van der Waals surface area contributed by atoms with Crippen LogP contribution in [-0.4, -0.2) is 46.9 Å². The topological polar surface area (TPSA) is 86.7 Å². The van der Waals surface area contributed by atoms with Gasteiger partial charge in [0.05, 0.1) is 5.41 Å². The molecule has 1 saturated heterocycles. The van der Waals surface area contributed by atoms with Gasteiger partial charge in [-0.25, -0.2) is 0 Å². The molecule has 2 rings (SSSR count). The molecular formula is C19H25ClN2O4. The van der Waals surface area contributed by atoms with Crippen molar-refractivity contribution in [1.82, 2.24) is 10.2 Å². The first-order valence-corrected chi connectivity index (χ1v) is 9.10. The highest BCUT2D eigenvalue weighted by Gasteiger charge is 2.41. The molecule has 1 heterocycles. The van der Waals surface area contributed by atoms with Gasteiger partial charge >= 0.3 is 5.97 Å². The average molecular weight is 381 g/mol. The van der Waals surface area contributed by atoms with Crippen molar-refractivity contribution in [3.05, 3.63) is 34.9 Å². The highest BCUT2D eigenvalue weighted by atomic mass is 35.5. The van der Waals surface area contributed by atoms with E-state index in [0.29, 0.717) is 30.0 Å². The van der Waals surface area contributed by atoms with Crippen molar-refractivity contribution < 1.29 is 19.5 Å². The lowest BCUT2D eigenvalue weighted by Crippen LogP contribution is -2.56. The van der Waals surface area contributed by atoms with Crippen LogP contribution in [0.5, 0.6) is 0 Å². The summed E-state index contributed by atoms with van der Waals surface area (Å²) in [4.78, 5) is 38.5. The molecule has 142 valence electrons. The molecule has 2 N–H and O–H groups in total. The summed E-state index contributed by atoms with van der Waals surface area (Å²) in [5.41, 5.74) is -0.530. The molecule has 1 fully saturated rings. The summed E-state index contributed by atoms with van der Waals surface area (Å²) in [6, 6.07) is 5.72. The summed E-state index contributed by atoms with van der Waals surface area (Å²) in [5, 5.41) is 12.8. The standard InChI is InChI=1S/C19H25ClN2O4/c1-12(2)15(21-16(23)13-5-7-14(20)8-6-13)17(24)22-10-4-9-19(3,11-22)18(25)26/h5-8,12,15H,4,9-11H2,1-3H3,(H,21,23)(H,25,26). The molecular weight excluding hydrogens is 356 g/mol. The number of nitrogens with one attached hydrogen (secondary N) is 1. The minimum absolute atomic E-state index is 0.128. The molecule has 2 amide bonds. The molecule has 1 aromatic carbocycles. The van der Waals surface area contributed by atoms with Crippen molar-refractivity contribution in [2.45, 2.75) is 39.7 Å². The molecule has 0 radical (unpaired) electrons. The maximum absolute atomic E-state index is 13.0. The fourth-order valence-electron chi connectivity index (χ4n) is 3.14. The number of nitrogens with zero attached hydrogens (tertiary/aromatic N) is 1. The van der Waals surface area contributed by atoms with E-state index in [0.717, 1.165) is 0 Å². The average Bonchev–Trinajstić information content (AvgIpc) is 2.59. The third-order valence-corrected chi connectivity index (χ3v) is 5.10. The molecule has 2 unspecified atom stereocenters. The molecule has 1 aliphatic rings. The van der Waals surface area contributed by atoms with E-state index in [-0.39, 0.29) is 24.3 Å². The molecule has 26 heavy (non-hydrogen) atoms. The Balaban J connectivity index is 2.13. The number of likely N-dealkylation sites (tertiary alicyclic amines) is 1. The predicted molar refractivity (Wildman–Crippen MR) is 99.1 cm³/mol. The number of rotatable bonds is 5. The summed E-state index contributed by atoms with van der Waals surface area (Å²) in [5.74, 6) is -1.63. The van der Waals surface area contributed by atoms with E-state index >= 15 is 0 Å². The van der Waals surface area contributed by atoms with Crippen molar-refractivity contribution in [3.63, 3.8) is 0 Å². The van der Waals surface area contributed by atoms with Crippen LogP contribution >= 0.6 is 11.6 Å². The Labute approximate surface area is 158 Å². The molecule has 2 atom stereocenters. The van der Waals surface area contributed by atoms with E-state index < -0.39 is 17.4 Å². The fourth-order valence-corrected chi connectivity index (χ4v) is 3.26. The molecule has 0 saturated carbocycles. The lowest BCUT2D eigenvalue weighted by Gasteiger charge is -2.39. The highest BCUT2D eigenvalue weighted by Crippen LogP contribution is 2.30. The van der Waals surface area contributed by atoms with Gasteiger partial charge in [-0.05, 0) is 49.9 Å².